The molecule has 2 aliphatic rings. The van der Waals surface area contributed by atoms with Gasteiger partial charge in [-0.15, -0.1) is 12.4 Å². The molecule has 0 bridgehead atoms. The van der Waals surface area contributed by atoms with Crippen LogP contribution in [0.1, 0.15) is 55.8 Å². The van der Waals surface area contributed by atoms with Gasteiger partial charge >= 0.3 is 0 Å². The van der Waals surface area contributed by atoms with Crippen LogP contribution in [0.4, 0.5) is 5.69 Å². The molecule has 0 aromatic heterocycles. The first kappa shape index (κ1) is 19.7. The lowest BCUT2D eigenvalue weighted by Crippen LogP contribution is -2.39. The van der Waals surface area contributed by atoms with Crippen LogP contribution in [0.3, 0.4) is 0 Å². The number of nitrogens with one attached hydrogen (secondary N) is 3. The van der Waals surface area contributed by atoms with Crippen LogP contribution < -0.4 is 16.0 Å². The van der Waals surface area contributed by atoms with Crippen molar-refractivity contribution in [1.82, 2.24) is 10.6 Å². The molecular formula is C19H28ClN3O2. The second-order valence-electron chi connectivity index (χ2n) is 6.93. The quantitative estimate of drug-likeness (QED) is 0.750. The third-order valence-corrected chi connectivity index (χ3v) is 5.11. The predicted octanol–water partition coefficient (Wildman–Crippen LogP) is 3.11. The smallest absolute Gasteiger partial charge is 0.251 e. The maximum atomic E-state index is 12.5. The Morgan fingerprint density at radius 3 is 2.80 bits per heavy atom. The van der Waals surface area contributed by atoms with Crippen LogP contribution in [0, 0.1) is 5.92 Å². The Morgan fingerprint density at radius 2 is 2.04 bits per heavy atom. The minimum Gasteiger partial charge on any atom is -0.352 e. The Bertz CT molecular complexity index is 594. The van der Waals surface area contributed by atoms with Crippen molar-refractivity contribution < 1.29 is 9.59 Å². The molecule has 3 rings (SSSR count). The van der Waals surface area contributed by atoms with Gasteiger partial charge in [-0.1, -0.05) is 25.8 Å². The van der Waals surface area contributed by atoms with E-state index in [-0.39, 0.29) is 30.3 Å². The standard InChI is InChI=1S/C19H27N3O2.ClH/c1-2-10-20-18(23)14-7-5-8-15(11-14)21-19(24)17-12-13-6-3-4-9-16(13)22-17;/h5,7-8,11,13,16-17,22H,2-4,6,9-10,12H2,1H3,(H,20,23)(H,21,24);1H. The maximum absolute atomic E-state index is 12.5. The van der Waals surface area contributed by atoms with Gasteiger partial charge in [-0.2, -0.15) is 0 Å². The Morgan fingerprint density at radius 1 is 1.24 bits per heavy atom. The number of hydrogen-bond donors (Lipinski definition) is 3. The van der Waals surface area contributed by atoms with E-state index < -0.39 is 0 Å². The SMILES string of the molecule is CCCNC(=O)c1cccc(NC(=O)C2CC3CCCCC3N2)c1.Cl. The zero-order valence-corrected chi connectivity index (χ0v) is 15.5. The summed E-state index contributed by atoms with van der Waals surface area (Å²) >= 11 is 0. The van der Waals surface area contributed by atoms with Gasteiger partial charge in [-0.05, 0) is 49.8 Å². The van der Waals surface area contributed by atoms with E-state index in [2.05, 4.69) is 16.0 Å². The molecule has 1 saturated carbocycles. The van der Waals surface area contributed by atoms with Gasteiger partial charge in [0.25, 0.3) is 5.91 Å². The number of hydrogen-bond acceptors (Lipinski definition) is 3. The molecule has 2 amide bonds. The highest BCUT2D eigenvalue weighted by atomic mass is 35.5. The lowest BCUT2D eigenvalue weighted by molar-refractivity contribution is -0.117. The molecule has 138 valence electrons. The average Bonchev–Trinajstić information content (AvgIpc) is 3.04. The molecule has 3 atom stereocenters. The van der Waals surface area contributed by atoms with Crippen LogP contribution in [0.25, 0.3) is 0 Å². The Kier molecular flexibility index (Phi) is 7.26. The van der Waals surface area contributed by atoms with Crippen molar-refractivity contribution in [2.45, 2.75) is 57.5 Å². The number of rotatable bonds is 5. The maximum Gasteiger partial charge on any atom is 0.251 e. The van der Waals surface area contributed by atoms with Gasteiger partial charge in [0.05, 0.1) is 6.04 Å². The van der Waals surface area contributed by atoms with E-state index in [0.717, 1.165) is 12.8 Å². The van der Waals surface area contributed by atoms with Crippen LogP contribution in [-0.4, -0.2) is 30.4 Å². The zero-order chi connectivity index (χ0) is 16.9. The summed E-state index contributed by atoms with van der Waals surface area (Å²) in [6.45, 7) is 2.67. The zero-order valence-electron chi connectivity index (χ0n) is 14.7. The summed E-state index contributed by atoms with van der Waals surface area (Å²) in [6.07, 6.45) is 6.78. The Hall–Kier alpha value is -1.59. The number of amides is 2. The summed E-state index contributed by atoms with van der Waals surface area (Å²) in [5.74, 6) is 0.550. The molecule has 3 unspecified atom stereocenters. The molecule has 1 aromatic rings. The molecule has 0 spiro atoms. The van der Waals surface area contributed by atoms with E-state index in [1.54, 1.807) is 18.2 Å². The minimum atomic E-state index is -0.115. The number of halogens is 1. The molecule has 2 fully saturated rings. The van der Waals surface area contributed by atoms with Gasteiger partial charge in [0.2, 0.25) is 5.91 Å². The fourth-order valence-corrected chi connectivity index (χ4v) is 3.83. The van der Waals surface area contributed by atoms with E-state index >= 15 is 0 Å². The van der Waals surface area contributed by atoms with Crippen molar-refractivity contribution >= 4 is 29.9 Å². The van der Waals surface area contributed by atoms with E-state index in [1.165, 1.54) is 25.7 Å². The fraction of sp³-hybridized carbons (Fsp3) is 0.579. The second kappa shape index (κ2) is 9.20. The van der Waals surface area contributed by atoms with Gasteiger partial charge in [0, 0.05) is 23.8 Å². The first-order valence-electron chi connectivity index (χ1n) is 9.12. The fourth-order valence-electron chi connectivity index (χ4n) is 3.83. The Labute approximate surface area is 155 Å². The average molecular weight is 366 g/mol. The van der Waals surface area contributed by atoms with Gasteiger partial charge in [-0.25, -0.2) is 0 Å². The lowest BCUT2D eigenvalue weighted by Gasteiger charge is -2.24. The van der Waals surface area contributed by atoms with Gasteiger partial charge in [-0.3, -0.25) is 9.59 Å². The summed E-state index contributed by atoms with van der Waals surface area (Å²) in [6, 6.07) is 7.53. The topological polar surface area (TPSA) is 70.2 Å². The van der Waals surface area contributed by atoms with Crippen molar-refractivity contribution in [2.24, 2.45) is 5.92 Å². The highest BCUT2D eigenvalue weighted by Crippen LogP contribution is 2.33. The van der Waals surface area contributed by atoms with Crippen LogP contribution in [0.5, 0.6) is 0 Å². The summed E-state index contributed by atoms with van der Waals surface area (Å²) < 4.78 is 0. The number of carbonyl (C=O) groups excluding carboxylic acids is 2. The van der Waals surface area contributed by atoms with E-state index in [1.807, 2.05) is 13.0 Å². The van der Waals surface area contributed by atoms with E-state index in [0.29, 0.717) is 29.8 Å². The summed E-state index contributed by atoms with van der Waals surface area (Å²) in [4.78, 5) is 24.6. The lowest BCUT2D eigenvalue weighted by atomic mass is 9.85. The first-order chi connectivity index (χ1) is 11.7. The molecule has 3 N–H and O–H groups in total. The van der Waals surface area contributed by atoms with Crippen LogP contribution >= 0.6 is 12.4 Å². The highest BCUT2D eigenvalue weighted by Gasteiger charge is 2.38. The minimum absolute atomic E-state index is 0. The number of anilines is 1. The summed E-state index contributed by atoms with van der Waals surface area (Å²) in [7, 11) is 0. The molecule has 1 aliphatic carbocycles. The van der Waals surface area contributed by atoms with Crippen molar-refractivity contribution in [1.29, 1.82) is 0 Å². The molecule has 6 heteroatoms. The molecule has 1 heterocycles. The van der Waals surface area contributed by atoms with Gasteiger partial charge in [0.15, 0.2) is 0 Å². The molecule has 1 aliphatic heterocycles. The monoisotopic (exact) mass is 365 g/mol. The molecule has 0 radical (unpaired) electrons. The predicted molar refractivity (Wildman–Crippen MR) is 102 cm³/mol. The van der Waals surface area contributed by atoms with Crippen LogP contribution in [0.15, 0.2) is 24.3 Å². The summed E-state index contributed by atoms with van der Waals surface area (Å²) in [5, 5.41) is 9.30. The van der Waals surface area contributed by atoms with Gasteiger partial charge in [0.1, 0.15) is 0 Å². The number of benzene rings is 1. The normalized spacial score (nSPS) is 24.8. The molecule has 25 heavy (non-hydrogen) atoms. The molecule has 1 saturated heterocycles. The van der Waals surface area contributed by atoms with Crippen molar-refractivity contribution in [3.05, 3.63) is 29.8 Å². The highest BCUT2D eigenvalue weighted by molar-refractivity contribution is 5.98. The third kappa shape index (κ3) is 4.95. The second-order valence-corrected chi connectivity index (χ2v) is 6.93. The summed E-state index contributed by atoms with van der Waals surface area (Å²) in [5.41, 5.74) is 1.26. The van der Waals surface area contributed by atoms with Crippen LogP contribution in [-0.2, 0) is 4.79 Å². The number of carbonyl (C=O) groups is 2. The molecule has 1 aromatic carbocycles. The molecular weight excluding hydrogens is 338 g/mol. The van der Waals surface area contributed by atoms with Crippen molar-refractivity contribution in [2.75, 3.05) is 11.9 Å². The molecule has 5 nitrogen and oxygen atoms in total. The largest absolute Gasteiger partial charge is 0.352 e. The van der Waals surface area contributed by atoms with E-state index in [9.17, 15) is 9.59 Å². The van der Waals surface area contributed by atoms with Crippen LogP contribution in [0.2, 0.25) is 0 Å². The van der Waals surface area contributed by atoms with Gasteiger partial charge < -0.3 is 16.0 Å². The third-order valence-electron chi connectivity index (χ3n) is 5.11. The van der Waals surface area contributed by atoms with Crippen molar-refractivity contribution in [3.8, 4) is 0 Å². The van der Waals surface area contributed by atoms with E-state index in [4.69, 9.17) is 0 Å². The Balaban J connectivity index is 0.00000225. The first-order valence-corrected chi connectivity index (χ1v) is 9.12. The van der Waals surface area contributed by atoms with Crippen molar-refractivity contribution in [3.63, 3.8) is 0 Å². The number of fused-ring (bicyclic) bond motifs is 1.